The number of benzene rings is 1. The fraction of sp³-hybridized carbons (Fsp3) is 0.182. The molecule has 3 nitrogen and oxygen atoms in total. The summed E-state index contributed by atoms with van der Waals surface area (Å²) in [4.78, 5) is 4.39. The Morgan fingerprint density at radius 2 is 1.93 bits per heavy atom. The summed E-state index contributed by atoms with van der Waals surface area (Å²) in [5, 5.41) is 1.86. The Balaban J connectivity index is 2.84. The van der Waals surface area contributed by atoms with Crippen LogP contribution in [-0.2, 0) is 9.84 Å². The molecular formula is C11H11NO2S. The molecule has 0 radical (unpaired) electrons. The van der Waals surface area contributed by atoms with Crippen LogP contribution in [0.5, 0.6) is 0 Å². The summed E-state index contributed by atoms with van der Waals surface area (Å²) in [7, 11) is -3.15. The molecule has 4 heteroatoms. The van der Waals surface area contributed by atoms with Gasteiger partial charge in [-0.3, -0.25) is 4.98 Å². The minimum absolute atomic E-state index is 0.390. The van der Waals surface area contributed by atoms with Gasteiger partial charge in [-0.25, -0.2) is 8.42 Å². The first-order valence-corrected chi connectivity index (χ1v) is 6.42. The fourth-order valence-corrected chi connectivity index (χ4v) is 2.61. The zero-order valence-corrected chi connectivity index (χ0v) is 9.38. The quantitative estimate of drug-likeness (QED) is 0.739. The minimum Gasteiger partial charge on any atom is -0.264 e. The smallest absolute Gasteiger partial charge is 0.175 e. The lowest BCUT2D eigenvalue weighted by atomic mass is 10.1. The molecule has 0 unspecified atom stereocenters. The number of hydrogen-bond acceptors (Lipinski definition) is 3. The van der Waals surface area contributed by atoms with Crippen LogP contribution in [0.1, 0.15) is 5.56 Å². The van der Waals surface area contributed by atoms with E-state index in [2.05, 4.69) is 4.98 Å². The molecule has 2 aromatic rings. The maximum absolute atomic E-state index is 11.5. The van der Waals surface area contributed by atoms with Gasteiger partial charge in [-0.1, -0.05) is 0 Å². The highest BCUT2D eigenvalue weighted by molar-refractivity contribution is 7.90. The Hall–Kier alpha value is -1.42. The van der Waals surface area contributed by atoms with Crippen LogP contribution in [0.15, 0.2) is 35.5 Å². The Morgan fingerprint density at radius 3 is 2.60 bits per heavy atom. The normalized spacial score (nSPS) is 11.9. The molecule has 0 spiro atoms. The molecule has 0 N–H and O–H groups in total. The summed E-state index contributed by atoms with van der Waals surface area (Å²) < 4.78 is 23.0. The van der Waals surface area contributed by atoms with Gasteiger partial charge in [0.15, 0.2) is 9.84 Å². The van der Waals surface area contributed by atoms with Crippen molar-refractivity contribution >= 4 is 20.6 Å². The largest absolute Gasteiger partial charge is 0.264 e. The van der Waals surface area contributed by atoms with E-state index < -0.39 is 9.84 Å². The molecule has 0 amide bonds. The van der Waals surface area contributed by atoms with Gasteiger partial charge in [-0.05, 0) is 36.1 Å². The summed E-state index contributed by atoms with van der Waals surface area (Å²) in [6, 6.07) is 5.35. The van der Waals surface area contributed by atoms with Crippen LogP contribution in [0.4, 0.5) is 0 Å². The van der Waals surface area contributed by atoms with Crippen LogP contribution < -0.4 is 0 Å². The van der Waals surface area contributed by atoms with E-state index in [1.165, 1.54) is 6.26 Å². The van der Waals surface area contributed by atoms with Crippen LogP contribution in [0.2, 0.25) is 0 Å². The molecule has 1 aromatic carbocycles. The lowest BCUT2D eigenvalue weighted by molar-refractivity contribution is 0.601. The van der Waals surface area contributed by atoms with E-state index in [-0.39, 0.29) is 0 Å². The van der Waals surface area contributed by atoms with Crippen LogP contribution in [-0.4, -0.2) is 19.7 Å². The number of pyridine rings is 1. The fourth-order valence-electron chi connectivity index (χ4n) is 1.63. The first-order chi connectivity index (χ1) is 6.98. The topological polar surface area (TPSA) is 47.0 Å². The molecule has 0 fully saturated rings. The summed E-state index contributed by atoms with van der Waals surface area (Å²) in [5.41, 5.74) is 0.762. The van der Waals surface area contributed by atoms with Gasteiger partial charge in [-0.2, -0.15) is 0 Å². The third-order valence-corrected chi connectivity index (χ3v) is 3.57. The molecule has 15 heavy (non-hydrogen) atoms. The number of nitrogens with zero attached hydrogens (tertiary/aromatic N) is 1. The van der Waals surface area contributed by atoms with E-state index in [9.17, 15) is 8.42 Å². The molecule has 0 saturated heterocycles. The van der Waals surface area contributed by atoms with Crippen molar-refractivity contribution in [2.24, 2.45) is 0 Å². The summed E-state index contributed by atoms with van der Waals surface area (Å²) in [6.45, 7) is 1.79. The van der Waals surface area contributed by atoms with E-state index in [1.807, 2.05) is 12.1 Å². The number of rotatable bonds is 1. The van der Waals surface area contributed by atoms with Gasteiger partial charge in [0.1, 0.15) is 0 Å². The average molecular weight is 221 g/mol. The van der Waals surface area contributed by atoms with Gasteiger partial charge >= 0.3 is 0 Å². The average Bonchev–Trinajstić information content (AvgIpc) is 2.15. The van der Waals surface area contributed by atoms with E-state index in [0.29, 0.717) is 4.90 Å². The number of aromatic nitrogens is 1. The predicted octanol–water partition coefficient (Wildman–Crippen LogP) is 1.95. The second-order valence-electron chi connectivity index (χ2n) is 3.61. The van der Waals surface area contributed by atoms with Gasteiger partial charge in [-0.15, -0.1) is 0 Å². The number of fused-ring (bicyclic) bond motifs is 1. The molecule has 78 valence electrons. The highest BCUT2D eigenvalue weighted by Crippen LogP contribution is 2.22. The first-order valence-electron chi connectivity index (χ1n) is 4.53. The molecule has 1 aromatic heterocycles. The van der Waals surface area contributed by atoms with Crippen molar-refractivity contribution in [2.45, 2.75) is 11.8 Å². The predicted molar refractivity (Wildman–Crippen MR) is 59.6 cm³/mol. The van der Waals surface area contributed by atoms with Crippen molar-refractivity contribution in [3.63, 3.8) is 0 Å². The van der Waals surface area contributed by atoms with Crippen molar-refractivity contribution < 1.29 is 8.42 Å². The van der Waals surface area contributed by atoms with E-state index in [0.717, 1.165) is 16.3 Å². The van der Waals surface area contributed by atoms with E-state index in [1.54, 1.807) is 25.4 Å². The highest BCUT2D eigenvalue weighted by atomic mass is 32.2. The standard InChI is InChI=1S/C11H11NO2S/c1-8-5-10-7-12-4-3-9(10)6-11(8)15(2,13)14/h3-7H,1-2H3. The Morgan fingerprint density at radius 1 is 1.20 bits per heavy atom. The maximum atomic E-state index is 11.5. The zero-order chi connectivity index (χ0) is 11.1. The SMILES string of the molecule is Cc1cc2cnccc2cc1S(C)(=O)=O. The van der Waals surface area contributed by atoms with E-state index in [4.69, 9.17) is 0 Å². The van der Waals surface area contributed by atoms with Crippen LogP contribution in [0, 0.1) is 6.92 Å². The molecule has 0 aliphatic heterocycles. The Bertz CT molecular complexity index is 618. The van der Waals surface area contributed by atoms with E-state index >= 15 is 0 Å². The molecular weight excluding hydrogens is 210 g/mol. The summed E-state index contributed by atoms with van der Waals surface area (Å²) in [6.07, 6.45) is 4.61. The monoisotopic (exact) mass is 221 g/mol. The molecule has 0 aliphatic carbocycles. The summed E-state index contributed by atoms with van der Waals surface area (Å²) in [5.74, 6) is 0. The van der Waals surface area contributed by atoms with Gasteiger partial charge in [0, 0.05) is 24.0 Å². The number of sulfone groups is 1. The zero-order valence-electron chi connectivity index (χ0n) is 8.56. The Labute approximate surface area is 88.7 Å². The van der Waals surface area contributed by atoms with Crippen molar-refractivity contribution in [1.29, 1.82) is 0 Å². The van der Waals surface area contributed by atoms with Crippen LogP contribution in [0.3, 0.4) is 0 Å². The minimum atomic E-state index is -3.15. The van der Waals surface area contributed by atoms with Crippen molar-refractivity contribution in [3.05, 3.63) is 36.2 Å². The summed E-state index contributed by atoms with van der Waals surface area (Å²) >= 11 is 0. The van der Waals surface area contributed by atoms with Gasteiger partial charge in [0.25, 0.3) is 0 Å². The highest BCUT2D eigenvalue weighted by Gasteiger charge is 2.11. The maximum Gasteiger partial charge on any atom is 0.175 e. The van der Waals surface area contributed by atoms with Crippen molar-refractivity contribution in [1.82, 2.24) is 4.98 Å². The molecule has 0 bridgehead atoms. The third kappa shape index (κ3) is 1.85. The third-order valence-electron chi connectivity index (χ3n) is 2.33. The molecule has 2 rings (SSSR count). The lowest BCUT2D eigenvalue weighted by Crippen LogP contribution is -1.99. The first kappa shape index (κ1) is 10.1. The molecule has 1 heterocycles. The second-order valence-corrected chi connectivity index (χ2v) is 5.60. The van der Waals surface area contributed by atoms with Crippen LogP contribution in [0.25, 0.3) is 10.8 Å². The number of hydrogen-bond donors (Lipinski definition) is 0. The molecule has 0 aliphatic rings. The van der Waals surface area contributed by atoms with Crippen molar-refractivity contribution in [2.75, 3.05) is 6.26 Å². The second kappa shape index (κ2) is 3.31. The lowest BCUT2D eigenvalue weighted by Gasteiger charge is -2.05. The van der Waals surface area contributed by atoms with Gasteiger partial charge < -0.3 is 0 Å². The van der Waals surface area contributed by atoms with Crippen LogP contribution >= 0.6 is 0 Å². The van der Waals surface area contributed by atoms with Crippen molar-refractivity contribution in [3.8, 4) is 0 Å². The molecule has 0 saturated carbocycles. The van der Waals surface area contributed by atoms with Gasteiger partial charge in [0.2, 0.25) is 0 Å². The molecule has 0 atom stereocenters. The Kier molecular flexibility index (Phi) is 2.23. The van der Waals surface area contributed by atoms with Gasteiger partial charge in [0.05, 0.1) is 4.90 Å². The number of aryl methyl sites for hydroxylation is 1.